The monoisotopic (exact) mass is 156 g/mol. The molecule has 60 valence electrons. The van der Waals surface area contributed by atoms with Crippen molar-refractivity contribution in [2.75, 3.05) is 18.7 Å². The minimum Gasteiger partial charge on any atom is -0.464 e. The van der Waals surface area contributed by atoms with Crippen molar-refractivity contribution in [1.29, 1.82) is 0 Å². The molecule has 1 aromatic heterocycles. The van der Waals surface area contributed by atoms with Crippen molar-refractivity contribution in [1.82, 2.24) is 9.89 Å². The predicted molar refractivity (Wildman–Crippen MR) is 38.1 cm³/mol. The summed E-state index contributed by atoms with van der Waals surface area (Å²) in [6.07, 6.45) is 1.33. The molecule has 0 atom stereocenters. The van der Waals surface area contributed by atoms with Crippen LogP contribution in [0.25, 0.3) is 0 Å². The summed E-state index contributed by atoms with van der Waals surface area (Å²) >= 11 is 0. The van der Waals surface area contributed by atoms with Crippen molar-refractivity contribution >= 4 is 11.7 Å². The Hall–Kier alpha value is -1.72. The lowest BCUT2D eigenvalue weighted by atomic mass is 10.4. The molecule has 1 heterocycles. The zero-order valence-corrected chi connectivity index (χ0v) is 5.94. The van der Waals surface area contributed by atoms with Crippen LogP contribution >= 0.6 is 0 Å². The van der Waals surface area contributed by atoms with Gasteiger partial charge in [-0.2, -0.15) is 4.79 Å². The van der Waals surface area contributed by atoms with Crippen LogP contribution in [-0.2, 0) is 4.74 Å². The van der Waals surface area contributed by atoms with Crippen molar-refractivity contribution < 1.29 is 9.53 Å². The van der Waals surface area contributed by atoms with E-state index >= 15 is 0 Å². The van der Waals surface area contributed by atoms with Crippen molar-refractivity contribution in [3.05, 3.63) is 11.9 Å². The average molecular weight is 156 g/mol. The highest BCUT2D eigenvalue weighted by Crippen LogP contribution is 2.07. The van der Waals surface area contributed by atoms with E-state index in [4.69, 9.17) is 11.6 Å². The summed E-state index contributed by atoms with van der Waals surface area (Å²) in [6, 6.07) is 0. The lowest BCUT2D eigenvalue weighted by molar-refractivity contribution is 0.0594. The van der Waals surface area contributed by atoms with Gasteiger partial charge in [0.25, 0.3) is 0 Å². The number of hydrogen-bond acceptors (Lipinski definition) is 5. The number of aromatic nitrogens is 2. The predicted octanol–water partition coefficient (Wildman–Crippen LogP) is -1.03. The molecule has 4 N–H and O–H groups in total. The van der Waals surface area contributed by atoms with E-state index in [0.29, 0.717) is 0 Å². The Morgan fingerprint density at radius 2 is 2.45 bits per heavy atom. The Morgan fingerprint density at radius 3 is 2.82 bits per heavy atom. The van der Waals surface area contributed by atoms with E-state index in [0.717, 1.165) is 4.79 Å². The normalized spacial score (nSPS) is 9.55. The first-order valence-electron chi connectivity index (χ1n) is 2.83. The summed E-state index contributed by atoms with van der Waals surface area (Å²) in [4.78, 5) is 11.8. The lowest BCUT2D eigenvalue weighted by Crippen LogP contribution is -2.11. The van der Waals surface area contributed by atoms with E-state index in [1.165, 1.54) is 13.3 Å². The van der Waals surface area contributed by atoms with Crippen LogP contribution < -0.4 is 11.6 Å². The molecule has 1 rings (SSSR count). The molecule has 0 aliphatic heterocycles. The maximum atomic E-state index is 10.8. The van der Waals surface area contributed by atoms with Gasteiger partial charge in [-0.15, -0.1) is 5.10 Å². The second kappa shape index (κ2) is 2.49. The van der Waals surface area contributed by atoms with Gasteiger partial charge in [0.05, 0.1) is 19.0 Å². The molecule has 0 spiro atoms. The van der Waals surface area contributed by atoms with Crippen molar-refractivity contribution in [3.8, 4) is 0 Å². The fourth-order valence-electron chi connectivity index (χ4n) is 0.661. The zero-order valence-electron chi connectivity index (χ0n) is 5.94. The minimum absolute atomic E-state index is 0.0370. The summed E-state index contributed by atoms with van der Waals surface area (Å²) in [5.74, 6) is 4.60. The second-order valence-corrected chi connectivity index (χ2v) is 1.90. The fraction of sp³-hybridized carbons (Fsp3) is 0.200. The van der Waals surface area contributed by atoms with Gasteiger partial charge in [0, 0.05) is 0 Å². The van der Waals surface area contributed by atoms with E-state index < -0.39 is 5.97 Å². The first-order chi connectivity index (χ1) is 5.15. The van der Waals surface area contributed by atoms with Crippen LogP contribution in [0.1, 0.15) is 10.5 Å². The molecule has 0 aliphatic carbocycles. The van der Waals surface area contributed by atoms with Gasteiger partial charge in [-0.1, -0.05) is 0 Å². The Balaban J connectivity index is 3.03. The number of ether oxygens (including phenoxy) is 1. The molecule has 0 aliphatic rings. The van der Waals surface area contributed by atoms with Crippen LogP contribution in [0.2, 0.25) is 0 Å². The molecule has 0 radical (unpaired) electrons. The number of nitrogen functional groups attached to an aromatic ring is 2. The first kappa shape index (κ1) is 7.39. The van der Waals surface area contributed by atoms with Gasteiger partial charge in [0.1, 0.15) is 0 Å². The van der Waals surface area contributed by atoms with Gasteiger partial charge in [0.15, 0.2) is 5.69 Å². The number of anilines is 1. The fourth-order valence-corrected chi connectivity index (χ4v) is 0.661. The third kappa shape index (κ3) is 1.23. The summed E-state index contributed by atoms with van der Waals surface area (Å²) in [5, 5.41) is 3.58. The Morgan fingerprint density at radius 1 is 1.82 bits per heavy atom. The summed E-state index contributed by atoms with van der Waals surface area (Å²) < 4.78 is 4.38. The van der Waals surface area contributed by atoms with Gasteiger partial charge >= 0.3 is 5.97 Å². The Kier molecular flexibility index (Phi) is 1.67. The van der Waals surface area contributed by atoms with Gasteiger partial charge in [0.2, 0.25) is 0 Å². The molecule has 0 amide bonds. The van der Waals surface area contributed by atoms with Crippen molar-refractivity contribution in [2.45, 2.75) is 0 Å². The highest BCUT2D eigenvalue weighted by atomic mass is 16.5. The lowest BCUT2D eigenvalue weighted by Gasteiger charge is -1.92. The van der Waals surface area contributed by atoms with Crippen LogP contribution in [0, 0.1) is 0 Å². The number of esters is 1. The molecule has 0 saturated heterocycles. The number of carbonyl (C=O) groups excluding carboxylic acids is 1. The van der Waals surface area contributed by atoms with E-state index in [2.05, 4.69) is 9.84 Å². The van der Waals surface area contributed by atoms with E-state index in [1.54, 1.807) is 0 Å². The molecular weight excluding hydrogens is 148 g/mol. The number of methoxy groups -OCH3 is 1. The smallest absolute Gasteiger partial charge is 0.360 e. The highest BCUT2D eigenvalue weighted by molar-refractivity contribution is 5.92. The standard InChI is InChI=1S/C5H8N4O2/c1-11-5(10)4-3(6)2-9(7)8-4/h2H,6-7H2,1H3. The van der Waals surface area contributed by atoms with E-state index in [1.807, 2.05) is 0 Å². The zero-order chi connectivity index (χ0) is 8.43. The molecule has 0 bridgehead atoms. The first-order valence-corrected chi connectivity index (χ1v) is 2.83. The number of hydrogen-bond donors (Lipinski definition) is 2. The number of nitrogens with zero attached hydrogens (tertiary/aromatic N) is 2. The van der Waals surface area contributed by atoms with Crippen molar-refractivity contribution in [2.24, 2.45) is 0 Å². The molecular formula is C5H8N4O2. The SMILES string of the molecule is COC(=O)c1nn(N)cc1N. The van der Waals surface area contributed by atoms with Crippen LogP contribution in [0.3, 0.4) is 0 Å². The second-order valence-electron chi connectivity index (χ2n) is 1.90. The molecule has 6 heteroatoms. The largest absolute Gasteiger partial charge is 0.464 e. The summed E-state index contributed by atoms with van der Waals surface area (Å²) in [6.45, 7) is 0. The molecule has 0 fully saturated rings. The molecule has 1 aromatic rings. The quantitative estimate of drug-likeness (QED) is 0.400. The van der Waals surface area contributed by atoms with Crippen molar-refractivity contribution in [3.63, 3.8) is 0 Å². The Bertz CT molecular complexity index is 280. The van der Waals surface area contributed by atoms with Gasteiger partial charge < -0.3 is 16.3 Å². The summed E-state index contributed by atoms with van der Waals surface area (Å²) in [7, 11) is 1.25. The van der Waals surface area contributed by atoms with Gasteiger partial charge in [-0.05, 0) is 0 Å². The summed E-state index contributed by atoms with van der Waals surface area (Å²) in [5.41, 5.74) is 5.60. The van der Waals surface area contributed by atoms with Crippen LogP contribution in [0.5, 0.6) is 0 Å². The van der Waals surface area contributed by atoms with Crippen LogP contribution in [0.15, 0.2) is 6.20 Å². The number of nitrogens with two attached hydrogens (primary N) is 2. The molecule has 0 saturated carbocycles. The molecule has 11 heavy (non-hydrogen) atoms. The minimum atomic E-state index is -0.591. The average Bonchev–Trinajstić information content (AvgIpc) is 2.28. The van der Waals surface area contributed by atoms with Gasteiger partial charge in [-0.25, -0.2) is 4.79 Å². The topological polar surface area (TPSA) is 96.2 Å². The molecule has 0 unspecified atom stereocenters. The maximum Gasteiger partial charge on any atom is 0.360 e. The third-order valence-corrected chi connectivity index (χ3v) is 1.14. The maximum absolute atomic E-state index is 10.8. The number of carbonyl (C=O) groups is 1. The molecule has 0 aromatic carbocycles. The van der Waals surface area contributed by atoms with Crippen LogP contribution in [-0.4, -0.2) is 23.0 Å². The number of rotatable bonds is 1. The third-order valence-electron chi connectivity index (χ3n) is 1.14. The Labute approximate surface area is 62.7 Å². The van der Waals surface area contributed by atoms with Gasteiger partial charge in [-0.3, -0.25) is 0 Å². The highest BCUT2D eigenvalue weighted by Gasteiger charge is 2.13. The van der Waals surface area contributed by atoms with Crippen LogP contribution in [0.4, 0.5) is 5.69 Å². The van der Waals surface area contributed by atoms with E-state index in [9.17, 15) is 4.79 Å². The molecule has 6 nitrogen and oxygen atoms in total. The van der Waals surface area contributed by atoms with E-state index in [-0.39, 0.29) is 11.4 Å².